The molecule has 5 heteroatoms. The standard InChI is InChI=1S/C14H15N3O2/c1-18-11-4-2-3-10(5-11)14-16-8-13(9-17-14)19-12-6-15-7-12/h2-5,8-9,12,15H,6-7H2,1H3. The van der Waals surface area contributed by atoms with E-state index in [9.17, 15) is 0 Å². The number of hydrogen-bond donors (Lipinski definition) is 1. The van der Waals surface area contributed by atoms with Crippen molar-refractivity contribution in [2.75, 3.05) is 20.2 Å². The molecule has 5 nitrogen and oxygen atoms in total. The molecule has 1 saturated heterocycles. The van der Waals surface area contributed by atoms with E-state index in [2.05, 4.69) is 15.3 Å². The summed E-state index contributed by atoms with van der Waals surface area (Å²) in [5, 5.41) is 3.15. The van der Waals surface area contributed by atoms with Gasteiger partial charge in [0.25, 0.3) is 0 Å². The molecule has 0 bridgehead atoms. The number of hydrogen-bond acceptors (Lipinski definition) is 5. The third-order valence-electron chi connectivity index (χ3n) is 3.00. The molecule has 19 heavy (non-hydrogen) atoms. The zero-order valence-corrected chi connectivity index (χ0v) is 10.7. The van der Waals surface area contributed by atoms with Crippen LogP contribution in [0.25, 0.3) is 11.4 Å². The monoisotopic (exact) mass is 257 g/mol. The van der Waals surface area contributed by atoms with E-state index in [1.807, 2.05) is 24.3 Å². The Hall–Kier alpha value is -2.14. The van der Waals surface area contributed by atoms with E-state index in [4.69, 9.17) is 9.47 Å². The van der Waals surface area contributed by atoms with E-state index in [1.165, 1.54) is 0 Å². The molecule has 3 rings (SSSR count). The second kappa shape index (κ2) is 5.24. The van der Waals surface area contributed by atoms with Crippen molar-refractivity contribution in [1.29, 1.82) is 0 Å². The molecule has 98 valence electrons. The quantitative estimate of drug-likeness (QED) is 0.899. The molecule has 0 saturated carbocycles. The fourth-order valence-electron chi connectivity index (χ4n) is 1.83. The van der Waals surface area contributed by atoms with E-state index < -0.39 is 0 Å². The normalized spacial score (nSPS) is 14.8. The maximum atomic E-state index is 5.67. The predicted octanol–water partition coefficient (Wildman–Crippen LogP) is 1.50. The molecule has 2 aromatic rings. The van der Waals surface area contributed by atoms with Gasteiger partial charge in [0.15, 0.2) is 11.6 Å². The molecular formula is C14H15N3O2. The Morgan fingerprint density at radius 3 is 2.58 bits per heavy atom. The Bertz CT molecular complexity index is 553. The van der Waals surface area contributed by atoms with Crippen LogP contribution in [0.5, 0.6) is 11.5 Å². The number of rotatable bonds is 4. The van der Waals surface area contributed by atoms with Gasteiger partial charge in [0, 0.05) is 18.7 Å². The summed E-state index contributed by atoms with van der Waals surface area (Å²) in [4.78, 5) is 8.65. The van der Waals surface area contributed by atoms with Crippen molar-refractivity contribution < 1.29 is 9.47 Å². The summed E-state index contributed by atoms with van der Waals surface area (Å²) in [6.07, 6.45) is 3.66. The molecule has 1 N–H and O–H groups in total. The van der Waals surface area contributed by atoms with Crippen LogP contribution in [0.4, 0.5) is 0 Å². The van der Waals surface area contributed by atoms with Gasteiger partial charge in [-0.15, -0.1) is 0 Å². The average Bonchev–Trinajstić information content (AvgIpc) is 2.44. The first-order valence-electron chi connectivity index (χ1n) is 6.19. The van der Waals surface area contributed by atoms with Crippen molar-refractivity contribution in [3.8, 4) is 22.9 Å². The third kappa shape index (κ3) is 2.66. The minimum absolute atomic E-state index is 0.242. The van der Waals surface area contributed by atoms with Crippen molar-refractivity contribution >= 4 is 0 Å². The maximum absolute atomic E-state index is 5.67. The smallest absolute Gasteiger partial charge is 0.159 e. The number of benzene rings is 1. The SMILES string of the molecule is COc1cccc(-c2ncc(OC3CNC3)cn2)c1. The van der Waals surface area contributed by atoms with Crippen LogP contribution < -0.4 is 14.8 Å². The fraction of sp³-hybridized carbons (Fsp3) is 0.286. The second-order valence-corrected chi connectivity index (χ2v) is 4.37. The summed E-state index contributed by atoms with van der Waals surface area (Å²) in [7, 11) is 1.64. The molecule has 0 amide bonds. The van der Waals surface area contributed by atoms with Crippen molar-refractivity contribution in [3.63, 3.8) is 0 Å². The Balaban J connectivity index is 1.76. The summed E-state index contributed by atoms with van der Waals surface area (Å²) in [5.74, 6) is 2.16. The molecule has 0 radical (unpaired) electrons. The number of methoxy groups -OCH3 is 1. The number of ether oxygens (including phenoxy) is 2. The third-order valence-corrected chi connectivity index (χ3v) is 3.00. The van der Waals surface area contributed by atoms with Crippen LogP contribution in [0.2, 0.25) is 0 Å². The zero-order chi connectivity index (χ0) is 13.1. The van der Waals surface area contributed by atoms with E-state index in [0.717, 1.165) is 24.4 Å². The molecule has 0 aliphatic carbocycles. The highest BCUT2D eigenvalue weighted by Gasteiger charge is 2.18. The lowest BCUT2D eigenvalue weighted by molar-refractivity contribution is 0.141. The van der Waals surface area contributed by atoms with E-state index >= 15 is 0 Å². The Morgan fingerprint density at radius 1 is 1.16 bits per heavy atom. The molecule has 1 aromatic carbocycles. The molecular weight excluding hydrogens is 242 g/mol. The molecule has 1 fully saturated rings. The lowest BCUT2D eigenvalue weighted by Gasteiger charge is -2.27. The van der Waals surface area contributed by atoms with Crippen LogP contribution in [-0.2, 0) is 0 Å². The highest BCUT2D eigenvalue weighted by atomic mass is 16.5. The number of aromatic nitrogens is 2. The van der Waals surface area contributed by atoms with Crippen molar-refractivity contribution in [2.24, 2.45) is 0 Å². The summed E-state index contributed by atoms with van der Waals surface area (Å²) >= 11 is 0. The van der Waals surface area contributed by atoms with Crippen LogP contribution in [0.3, 0.4) is 0 Å². The first-order chi connectivity index (χ1) is 9.35. The van der Waals surface area contributed by atoms with E-state index in [-0.39, 0.29) is 6.10 Å². The summed E-state index contributed by atoms with van der Waals surface area (Å²) in [5.41, 5.74) is 0.927. The topological polar surface area (TPSA) is 56.3 Å². The molecule has 1 aliphatic rings. The van der Waals surface area contributed by atoms with Crippen LogP contribution in [0, 0.1) is 0 Å². The van der Waals surface area contributed by atoms with Gasteiger partial charge in [-0.2, -0.15) is 0 Å². The largest absolute Gasteiger partial charge is 0.497 e. The zero-order valence-electron chi connectivity index (χ0n) is 10.7. The summed E-state index contributed by atoms with van der Waals surface area (Å²) < 4.78 is 10.9. The first kappa shape index (κ1) is 11.9. The van der Waals surface area contributed by atoms with Crippen LogP contribution in [0.1, 0.15) is 0 Å². The van der Waals surface area contributed by atoms with Gasteiger partial charge in [-0.3, -0.25) is 0 Å². The minimum atomic E-state index is 0.242. The van der Waals surface area contributed by atoms with Crippen molar-refractivity contribution in [1.82, 2.24) is 15.3 Å². The number of nitrogens with one attached hydrogen (secondary N) is 1. The minimum Gasteiger partial charge on any atom is -0.497 e. The molecule has 1 aliphatic heterocycles. The van der Waals surface area contributed by atoms with E-state index in [0.29, 0.717) is 11.6 Å². The van der Waals surface area contributed by atoms with E-state index in [1.54, 1.807) is 19.5 Å². The van der Waals surface area contributed by atoms with Gasteiger partial charge in [0.1, 0.15) is 11.9 Å². The van der Waals surface area contributed by atoms with Gasteiger partial charge in [-0.25, -0.2) is 9.97 Å². The highest BCUT2D eigenvalue weighted by Crippen LogP contribution is 2.21. The fourth-order valence-corrected chi connectivity index (χ4v) is 1.83. The van der Waals surface area contributed by atoms with Gasteiger partial charge in [0.2, 0.25) is 0 Å². The van der Waals surface area contributed by atoms with Gasteiger partial charge >= 0.3 is 0 Å². The summed E-state index contributed by atoms with van der Waals surface area (Å²) in [6.45, 7) is 1.77. The van der Waals surface area contributed by atoms with Crippen LogP contribution in [-0.4, -0.2) is 36.3 Å². The van der Waals surface area contributed by atoms with Crippen LogP contribution >= 0.6 is 0 Å². The maximum Gasteiger partial charge on any atom is 0.159 e. The first-order valence-corrected chi connectivity index (χ1v) is 6.19. The predicted molar refractivity (Wildman–Crippen MR) is 71.3 cm³/mol. The van der Waals surface area contributed by atoms with Crippen molar-refractivity contribution in [3.05, 3.63) is 36.7 Å². The molecule has 1 aromatic heterocycles. The molecule has 2 heterocycles. The molecule has 0 spiro atoms. The Morgan fingerprint density at radius 2 is 1.95 bits per heavy atom. The summed E-state index contributed by atoms with van der Waals surface area (Å²) in [6, 6.07) is 7.67. The van der Waals surface area contributed by atoms with Gasteiger partial charge in [-0.1, -0.05) is 12.1 Å². The number of nitrogens with zero attached hydrogens (tertiary/aromatic N) is 2. The molecule has 0 atom stereocenters. The lowest BCUT2D eigenvalue weighted by Crippen LogP contribution is -2.50. The van der Waals surface area contributed by atoms with Crippen molar-refractivity contribution in [2.45, 2.75) is 6.10 Å². The lowest BCUT2D eigenvalue weighted by atomic mass is 10.2. The van der Waals surface area contributed by atoms with Gasteiger partial charge < -0.3 is 14.8 Å². The van der Waals surface area contributed by atoms with Gasteiger partial charge in [0.05, 0.1) is 19.5 Å². The van der Waals surface area contributed by atoms with Gasteiger partial charge in [-0.05, 0) is 12.1 Å². The second-order valence-electron chi connectivity index (χ2n) is 4.37. The average molecular weight is 257 g/mol. The van der Waals surface area contributed by atoms with Crippen LogP contribution in [0.15, 0.2) is 36.7 Å². The highest BCUT2D eigenvalue weighted by molar-refractivity contribution is 5.57. The Kier molecular flexibility index (Phi) is 3.29. The Labute approximate surface area is 111 Å². The molecule has 0 unspecified atom stereocenters.